The molecule has 0 saturated heterocycles. The molecule has 0 bridgehead atoms. The maximum atomic E-state index is 9.35. The summed E-state index contributed by atoms with van der Waals surface area (Å²) in [5.41, 5.74) is 2.36. The number of nitrogens with zero attached hydrogens (tertiary/aromatic N) is 2. The normalized spacial score (nSPS) is 13.0. The first-order valence-corrected chi connectivity index (χ1v) is 8.30. The van der Waals surface area contributed by atoms with Crippen LogP contribution in [0.5, 0.6) is 0 Å². The second-order valence-corrected chi connectivity index (χ2v) is 6.58. The molecule has 0 aliphatic carbocycles. The lowest BCUT2D eigenvalue weighted by Gasteiger charge is -2.27. The lowest BCUT2D eigenvalue weighted by molar-refractivity contribution is 0.179. The van der Waals surface area contributed by atoms with Crippen LogP contribution in [0.25, 0.3) is 0 Å². The van der Waals surface area contributed by atoms with Gasteiger partial charge in [0.2, 0.25) is 0 Å². The second kappa shape index (κ2) is 7.69. The highest BCUT2D eigenvalue weighted by Gasteiger charge is 2.18. The monoisotopic (exact) mass is 304 g/mol. The van der Waals surface area contributed by atoms with Gasteiger partial charge in [-0.3, -0.25) is 4.90 Å². The van der Waals surface area contributed by atoms with Gasteiger partial charge in [-0.05, 0) is 19.0 Å². The van der Waals surface area contributed by atoms with Crippen molar-refractivity contribution in [2.75, 3.05) is 13.7 Å². The molecule has 2 rings (SSSR count). The first-order chi connectivity index (χ1) is 10.1. The fourth-order valence-corrected chi connectivity index (χ4v) is 3.29. The van der Waals surface area contributed by atoms with Crippen molar-refractivity contribution in [3.8, 4) is 0 Å². The SMILES string of the molecule is CC(C)c1nc(CN(C)C(CCO)c2ccccc2)cs1. The van der Waals surface area contributed by atoms with E-state index in [0.717, 1.165) is 18.7 Å². The smallest absolute Gasteiger partial charge is 0.0954 e. The van der Waals surface area contributed by atoms with Crippen molar-refractivity contribution >= 4 is 11.3 Å². The topological polar surface area (TPSA) is 36.4 Å². The van der Waals surface area contributed by atoms with Gasteiger partial charge in [0, 0.05) is 30.5 Å². The zero-order chi connectivity index (χ0) is 15.2. The molecule has 114 valence electrons. The fourth-order valence-electron chi connectivity index (χ4n) is 2.47. The largest absolute Gasteiger partial charge is 0.396 e. The van der Waals surface area contributed by atoms with Crippen LogP contribution < -0.4 is 0 Å². The van der Waals surface area contributed by atoms with Crippen molar-refractivity contribution in [1.29, 1.82) is 0 Å². The Balaban J connectivity index is 2.09. The Bertz CT molecular complexity index is 539. The van der Waals surface area contributed by atoms with E-state index in [1.54, 1.807) is 11.3 Å². The molecule has 4 heteroatoms. The van der Waals surface area contributed by atoms with Crippen LogP contribution in [0.2, 0.25) is 0 Å². The van der Waals surface area contributed by atoms with Gasteiger partial charge in [-0.1, -0.05) is 44.2 Å². The summed E-state index contributed by atoms with van der Waals surface area (Å²) in [5.74, 6) is 0.483. The summed E-state index contributed by atoms with van der Waals surface area (Å²) in [7, 11) is 2.10. The third-order valence-electron chi connectivity index (χ3n) is 3.59. The molecular weight excluding hydrogens is 280 g/mol. The highest BCUT2D eigenvalue weighted by molar-refractivity contribution is 7.09. The zero-order valence-corrected chi connectivity index (χ0v) is 13.8. The second-order valence-electron chi connectivity index (χ2n) is 5.69. The quantitative estimate of drug-likeness (QED) is 0.844. The summed E-state index contributed by atoms with van der Waals surface area (Å²) in [6.45, 7) is 5.34. The third kappa shape index (κ3) is 4.37. The Kier molecular flexibility index (Phi) is 5.91. The Morgan fingerprint density at radius 3 is 2.52 bits per heavy atom. The van der Waals surface area contributed by atoms with Gasteiger partial charge in [-0.15, -0.1) is 11.3 Å². The van der Waals surface area contributed by atoms with Gasteiger partial charge in [0.25, 0.3) is 0 Å². The van der Waals surface area contributed by atoms with E-state index in [-0.39, 0.29) is 12.6 Å². The van der Waals surface area contributed by atoms with Crippen LogP contribution in [-0.4, -0.2) is 28.6 Å². The summed E-state index contributed by atoms with van der Waals surface area (Å²) in [6, 6.07) is 10.6. The molecule has 1 unspecified atom stereocenters. The number of aliphatic hydroxyl groups excluding tert-OH is 1. The van der Waals surface area contributed by atoms with E-state index >= 15 is 0 Å². The van der Waals surface area contributed by atoms with E-state index in [0.29, 0.717) is 5.92 Å². The van der Waals surface area contributed by atoms with E-state index in [4.69, 9.17) is 4.98 Å². The van der Waals surface area contributed by atoms with Crippen LogP contribution in [0, 0.1) is 0 Å². The Morgan fingerprint density at radius 2 is 1.95 bits per heavy atom. The van der Waals surface area contributed by atoms with E-state index < -0.39 is 0 Å². The Hall–Kier alpha value is -1.23. The zero-order valence-electron chi connectivity index (χ0n) is 13.0. The van der Waals surface area contributed by atoms with Gasteiger partial charge in [0.05, 0.1) is 10.7 Å². The lowest BCUT2D eigenvalue weighted by atomic mass is 10.0. The molecule has 0 aliphatic heterocycles. The highest BCUT2D eigenvalue weighted by atomic mass is 32.1. The summed E-state index contributed by atoms with van der Waals surface area (Å²) in [4.78, 5) is 6.97. The summed E-state index contributed by atoms with van der Waals surface area (Å²) in [5, 5.41) is 12.7. The Labute approximate surface area is 131 Å². The number of hydrogen-bond donors (Lipinski definition) is 1. The van der Waals surface area contributed by atoms with E-state index in [1.807, 2.05) is 18.2 Å². The maximum absolute atomic E-state index is 9.35. The molecule has 21 heavy (non-hydrogen) atoms. The van der Waals surface area contributed by atoms with Gasteiger partial charge in [-0.2, -0.15) is 0 Å². The van der Waals surface area contributed by atoms with Crippen molar-refractivity contribution in [2.24, 2.45) is 0 Å². The molecule has 2 aromatic rings. The number of hydrogen-bond acceptors (Lipinski definition) is 4. The molecule has 1 atom stereocenters. The average Bonchev–Trinajstić information content (AvgIpc) is 2.94. The third-order valence-corrected chi connectivity index (χ3v) is 4.79. The molecule has 0 fully saturated rings. The number of thiazole rings is 1. The molecule has 0 amide bonds. The molecule has 3 nitrogen and oxygen atoms in total. The van der Waals surface area contributed by atoms with Crippen LogP contribution >= 0.6 is 11.3 Å². The van der Waals surface area contributed by atoms with Crippen molar-refractivity contribution in [3.05, 3.63) is 52.0 Å². The molecular formula is C17H24N2OS. The van der Waals surface area contributed by atoms with Crippen LogP contribution in [-0.2, 0) is 6.54 Å². The predicted molar refractivity (Wildman–Crippen MR) is 88.6 cm³/mol. The van der Waals surface area contributed by atoms with Crippen LogP contribution in [0.3, 0.4) is 0 Å². The van der Waals surface area contributed by atoms with Gasteiger partial charge < -0.3 is 5.11 Å². The molecule has 1 aromatic heterocycles. The van der Waals surface area contributed by atoms with E-state index in [1.165, 1.54) is 10.6 Å². The Morgan fingerprint density at radius 1 is 1.24 bits per heavy atom. The van der Waals surface area contributed by atoms with Crippen molar-refractivity contribution in [2.45, 2.75) is 38.8 Å². The molecule has 1 aromatic carbocycles. The average molecular weight is 304 g/mol. The van der Waals surface area contributed by atoms with Crippen LogP contribution in [0.1, 0.15) is 48.5 Å². The molecule has 0 saturated carbocycles. The molecule has 0 spiro atoms. The lowest BCUT2D eigenvalue weighted by Crippen LogP contribution is -2.25. The highest BCUT2D eigenvalue weighted by Crippen LogP contribution is 2.26. The molecule has 1 heterocycles. The van der Waals surface area contributed by atoms with Gasteiger partial charge >= 0.3 is 0 Å². The van der Waals surface area contributed by atoms with Crippen LogP contribution in [0.15, 0.2) is 35.7 Å². The first-order valence-electron chi connectivity index (χ1n) is 7.42. The minimum absolute atomic E-state index is 0.193. The molecule has 1 N–H and O–H groups in total. The summed E-state index contributed by atoms with van der Waals surface area (Å²) in [6.07, 6.45) is 0.738. The number of aliphatic hydroxyl groups is 1. The van der Waals surface area contributed by atoms with Gasteiger partial charge in [0.1, 0.15) is 0 Å². The number of benzene rings is 1. The molecule has 0 aliphatic rings. The van der Waals surface area contributed by atoms with Crippen molar-refractivity contribution in [1.82, 2.24) is 9.88 Å². The van der Waals surface area contributed by atoms with Crippen molar-refractivity contribution in [3.63, 3.8) is 0 Å². The number of aromatic nitrogens is 1. The van der Waals surface area contributed by atoms with Gasteiger partial charge in [-0.25, -0.2) is 4.98 Å². The predicted octanol–water partition coefficient (Wildman–Crippen LogP) is 3.82. The van der Waals surface area contributed by atoms with E-state index in [2.05, 4.69) is 43.3 Å². The summed E-state index contributed by atoms with van der Waals surface area (Å²) < 4.78 is 0. The molecule has 0 radical (unpaired) electrons. The minimum Gasteiger partial charge on any atom is -0.396 e. The first kappa shape index (κ1) is 16.1. The van der Waals surface area contributed by atoms with Crippen LogP contribution in [0.4, 0.5) is 0 Å². The summed E-state index contributed by atoms with van der Waals surface area (Å²) >= 11 is 1.73. The van der Waals surface area contributed by atoms with E-state index in [9.17, 15) is 5.11 Å². The minimum atomic E-state index is 0.193. The standard InChI is InChI=1S/C17H24N2OS/c1-13(2)17-18-15(12-21-17)11-19(3)16(9-10-20)14-7-5-4-6-8-14/h4-8,12-13,16,20H,9-11H2,1-3H3. The van der Waals surface area contributed by atoms with Gasteiger partial charge in [0.15, 0.2) is 0 Å². The van der Waals surface area contributed by atoms with Crippen molar-refractivity contribution < 1.29 is 5.11 Å². The number of rotatable bonds is 7. The fraction of sp³-hybridized carbons (Fsp3) is 0.471. The maximum Gasteiger partial charge on any atom is 0.0954 e.